The van der Waals surface area contributed by atoms with E-state index in [9.17, 15) is 48.9 Å². The standard InChI is InChI=1S/C25H32N6O3.C22H27N5O3.C21H25N9O.C20H23N5O3.CH4/c1-15-13-20-21(14-19(15)28-18-5-3-4-6-18)31(23-22(29-20)24(32)27-16(2)26-23)12-11-30-9-7-17(8-10-30)25(33)34;1-12-10-16-18(11-13(12)2)27(20-19(25-16)21(28)24-14(3)23-20)9-8-26(4)17-7-5-6-15(17)22(29)30;1-12-9-16-17(10-13(12)2)30(20-19(24-16)21(31)23-14(3)22-20)8-7-29-6-4-5-15(29)11-18-25-27-28-26-18;1-11-8-15-16(9-12(11)2)25(7-6-24-5-4-14(10-24)20(27)28)18-17(23-15)19(26)22-13(3)21-18;/h13-14,17-18,28H,2-12H2,1H3,(H,27,32)(H,33,34);10-11,15,17H,3,5-9H2,1-2,4H3,(H,24,28)(H,29,30);9-10,15H,3-8,11H2,1-2H3,(H,23,31)(H,25,26,27,28);8-9,14H,3-7,10H2,1-2H3,(H,22,26)(H,27,28);1H4/t;15-,17+;15-;;/m.11../s1. The zero-order valence-electron chi connectivity index (χ0n) is 71.0. The second-order valence-corrected chi connectivity index (χ2v) is 33.7. The number of carboxylic acid groups (broad SMARTS) is 3. The van der Waals surface area contributed by atoms with Crippen molar-refractivity contribution in [3.8, 4) is 0 Å². The Balaban J connectivity index is 0.000000134. The van der Waals surface area contributed by atoms with Gasteiger partial charge in [-0.1, -0.05) is 58.2 Å². The summed E-state index contributed by atoms with van der Waals surface area (Å²) in [6.07, 6.45) is 12.4. The SMILES string of the molecule is C.C=c1nc2c(c(=O)[nH]1)=Nc1cc(C)c(C)cc1N2CCN(C)[C@H]1CCC[C@H]1C(=O)O.C=c1nc2c(c(=O)[nH]1)=Nc1cc(C)c(C)cc1N2CCN1CCC(C(=O)O)C1.C=c1nc2c(c(=O)[nH]1)=Nc1cc(C)c(C)cc1N2CCN1CCC[C@@H]1Cc1nn[nH]n1.C=c1nc2c(c(=O)[nH]1)=Nc1cc(C)c(NC3CCCC3)cc1N2CCN1CCC(C(=O)O)CC1. The number of fused-ring (bicyclic) bond motifs is 8. The first-order valence-corrected chi connectivity index (χ1v) is 42.3. The van der Waals surface area contributed by atoms with Gasteiger partial charge in [0.05, 0.1) is 63.3 Å². The minimum Gasteiger partial charge on any atom is -0.481 e. The molecule has 35 heteroatoms. The lowest BCUT2D eigenvalue weighted by Crippen LogP contribution is -2.46. The third-order valence-electron chi connectivity index (χ3n) is 25.4. The number of aromatic amines is 5. The number of anilines is 9. The van der Waals surface area contributed by atoms with Gasteiger partial charge in [0.15, 0.2) is 50.5 Å². The number of carboxylic acids is 3. The van der Waals surface area contributed by atoms with Gasteiger partial charge >= 0.3 is 17.9 Å². The number of nitrogens with zero attached hydrogens (tertiary/aromatic N) is 19. The summed E-state index contributed by atoms with van der Waals surface area (Å²) in [5.74, 6) is -0.240. The van der Waals surface area contributed by atoms with Crippen LogP contribution in [0.15, 0.2) is 87.7 Å². The number of rotatable bonds is 20. The minimum absolute atomic E-state index is 0. The fourth-order valence-corrected chi connectivity index (χ4v) is 18.1. The van der Waals surface area contributed by atoms with Crippen LogP contribution in [-0.4, -0.2) is 224 Å². The molecule has 1 unspecified atom stereocenters. The van der Waals surface area contributed by atoms with Crippen LogP contribution in [0.1, 0.15) is 129 Å². The summed E-state index contributed by atoms with van der Waals surface area (Å²) in [6, 6.07) is 17.3. The minimum atomic E-state index is -0.740. The van der Waals surface area contributed by atoms with Crippen molar-refractivity contribution in [1.29, 1.82) is 0 Å². The van der Waals surface area contributed by atoms with E-state index >= 15 is 0 Å². The van der Waals surface area contributed by atoms with E-state index in [-0.39, 0.29) is 64.2 Å². The lowest BCUT2D eigenvalue weighted by molar-refractivity contribution is -0.144. The summed E-state index contributed by atoms with van der Waals surface area (Å²) in [6.45, 7) is 38.7. The predicted molar refractivity (Wildman–Crippen MR) is 476 cm³/mol. The van der Waals surface area contributed by atoms with Crippen LogP contribution >= 0.6 is 0 Å². The van der Waals surface area contributed by atoms with Crippen LogP contribution in [0.2, 0.25) is 0 Å². The largest absolute Gasteiger partial charge is 0.481 e. The van der Waals surface area contributed by atoms with E-state index in [0.717, 1.165) is 168 Å². The second kappa shape index (κ2) is 37.2. The average Bonchev–Trinajstić information content (AvgIpc) is 1.03. The van der Waals surface area contributed by atoms with Gasteiger partial charge < -0.3 is 74.9 Å². The van der Waals surface area contributed by atoms with Crippen molar-refractivity contribution in [2.24, 2.45) is 37.7 Å². The molecule has 2 aliphatic carbocycles. The number of aryl methyl sites for hydroxylation is 7. The van der Waals surface area contributed by atoms with Gasteiger partial charge in [0, 0.05) is 89.1 Å². The predicted octanol–water partition coefficient (Wildman–Crippen LogP) is 5.09. The molecule has 9 aromatic rings. The molecule has 652 valence electrons. The second-order valence-electron chi connectivity index (χ2n) is 33.7. The van der Waals surface area contributed by atoms with Crippen molar-refractivity contribution in [2.75, 3.05) is 117 Å². The molecule has 35 nitrogen and oxygen atoms in total. The zero-order chi connectivity index (χ0) is 86.9. The normalized spacial score (nSPS) is 18.7. The molecule has 5 fully saturated rings. The zero-order valence-corrected chi connectivity index (χ0v) is 71.0. The highest BCUT2D eigenvalue weighted by molar-refractivity contribution is 5.83. The Morgan fingerprint density at radius 1 is 0.460 bits per heavy atom. The van der Waals surface area contributed by atoms with Gasteiger partial charge in [-0.3, -0.25) is 38.5 Å². The van der Waals surface area contributed by atoms with Crippen LogP contribution in [0.4, 0.5) is 74.5 Å². The third-order valence-corrected chi connectivity index (χ3v) is 25.4. The molecule has 3 saturated heterocycles. The molecule has 124 heavy (non-hydrogen) atoms. The van der Waals surface area contributed by atoms with Gasteiger partial charge in [-0.05, 0) is 227 Å². The molecule has 12 heterocycles. The van der Waals surface area contributed by atoms with Crippen molar-refractivity contribution in [2.45, 2.75) is 157 Å². The van der Waals surface area contributed by atoms with E-state index in [1.165, 1.54) is 31.2 Å². The van der Waals surface area contributed by atoms with Gasteiger partial charge in [-0.25, -0.2) is 39.9 Å². The van der Waals surface area contributed by atoms with Gasteiger partial charge in [0.25, 0.3) is 22.2 Å². The molecule has 7 aliphatic heterocycles. The molecular weight excluding hydrogens is 1580 g/mol. The average molecular weight is 1690 g/mol. The summed E-state index contributed by atoms with van der Waals surface area (Å²) in [7, 11) is 1.97. The molecule has 9 aliphatic rings. The number of aliphatic carboxylic acids is 3. The van der Waals surface area contributed by atoms with Crippen molar-refractivity contribution in [3.05, 3.63) is 178 Å². The molecule has 2 saturated carbocycles. The Labute approximate surface area is 715 Å². The van der Waals surface area contributed by atoms with E-state index in [0.29, 0.717) is 133 Å². The van der Waals surface area contributed by atoms with Crippen LogP contribution < -0.4 is 90.5 Å². The molecule has 0 bridgehead atoms. The lowest BCUT2D eigenvalue weighted by Gasteiger charge is -2.34. The number of benzene rings is 4. The van der Waals surface area contributed by atoms with Crippen LogP contribution in [0.5, 0.6) is 0 Å². The monoisotopic (exact) mass is 1690 g/mol. The molecule has 4 aromatic carbocycles. The number of H-pyrrole nitrogens is 5. The van der Waals surface area contributed by atoms with Crippen LogP contribution in [0, 0.1) is 66.2 Å². The number of aromatic nitrogens is 12. The van der Waals surface area contributed by atoms with E-state index in [1.54, 1.807) is 0 Å². The highest BCUT2D eigenvalue weighted by Gasteiger charge is 2.38. The maximum absolute atomic E-state index is 12.7. The topological polar surface area (TPSA) is 437 Å². The van der Waals surface area contributed by atoms with Crippen molar-refractivity contribution >= 4 is 119 Å². The number of tetrazole rings is 1. The number of hydrogen-bond acceptors (Lipinski definition) is 27. The van der Waals surface area contributed by atoms with Crippen LogP contribution in [0.25, 0.3) is 26.3 Å². The van der Waals surface area contributed by atoms with Crippen molar-refractivity contribution in [1.82, 2.24) is 80.1 Å². The molecule has 0 amide bonds. The molecule has 5 aromatic heterocycles. The maximum atomic E-state index is 12.7. The number of likely N-dealkylation sites (N-methyl/N-ethyl adjacent to an activating group) is 1. The number of likely N-dealkylation sites (tertiary alicyclic amines) is 3. The van der Waals surface area contributed by atoms with E-state index in [4.69, 9.17) is 0 Å². The molecule has 0 radical (unpaired) electrons. The Kier molecular flexibility index (Phi) is 26.3. The first kappa shape index (κ1) is 87.7. The fourth-order valence-electron chi connectivity index (χ4n) is 18.1. The Morgan fingerprint density at radius 3 is 1.31 bits per heavy atom. The molecule has 18 rings (SSSR count). The summed E-state index contributed by atoms with van der Waals surface area (Å²) in [5, 5.41) is 47.4. The Hall–Kier alpha value is -12.6. The summed E-state index contributed by atoms with van der Waals surface area (Å²) >= 11 is 0. The Morgan fingerprint density at radius 2 is 0.871 bits per heavy atom. The van der Waals surface area contributed by atoms with E-state index < -0.39 is 17.9 Å². The molecule has 4 atom stereocenters. The quantitative estimate of drug-likeness (QED) is 0.0480. The third kappa shape index (κ3) is 19.0. The lowest BCUT2D eigenvalue weighted by atomic mass is 9.97. The summed E-state index contributed by atoms with van der Waals surface area (Å²) in [4.78, 5) is 149. The summed E-state index contributed by atoms with van der Waals surface area (Å²) in [5.41, 5.74) is 15.8. The smallest absolute Gasteiger partial charge is 0.308 e. The first-order valence-electron chi connectivity index (χ1n) is 42.3. The number of carbonyl (C=O) groups is 3. The Bertz CT molecular complexity index is 6360. The van der Waals surface area contributed by atoms with E-state index in [1.807, 2.05) is 68.8 Å². The van der Waals surface area contributed by atoms with Crippen LogP contribution in [0.3, 0.4) is 0 Å². The first-order chi connectivity index (χ1) is 59.0. The highest BCUT2D eigenvalue weighted by atomic mass is 16.4. The van der Waals surface area contributed by atoms with Gasteiger partial charge in [0.2, 0.25) is 0 Å². The molecule has 9 N–H and O–H groups in total. The van der Waals surface area contributed by atoms with Crippen molar-refractivity contribution < 1.29 is 29.7 Å². The van der Waals surface area contributed by atoms with Gasteiger partial charge in [-0.15, -0.1) is 10.2 Å². The van der Waals surface area contributed by atoms with Crippen LogP contribution in [-0.2, 0) is 20.8 Å². The molecular formula is C89H111N25O10. The summed E-state index contributed by atoms with van der Waals surface area (Å²) < 4.78 is 0. The number of nitrogens with one attached hydrogen (secondary N) is 6. The fraction of sp³-hybridized carbons (Fsp3) is 0.461. The number of hydrogen-bond donors (Lipinski definition) is 9. The highest BCUT2D eigenvalue weighted by Crippen LogP contribution is 2.43. The van der Waals surface area contributed by atoms with Gasteiger partial charge in [0.1, 0.15) is 21.9 Å². The maximum Gasteiger partial charge on any atom is 0.308 e. The van der Waals surface area contributed by atoms with Gasteiger partial charge in [-0.2, -0.15) is 5.21 Å². The van der Waals surface area contributed by atoms with Crippen molar-refractivity contribution in [3.63, 3.8) is 0 Å². The number of piperidine rings is 1. The van der Waals surface area contributed by atoms with E-state index in [2.05, 4.69) is 187 Å². The molecule has 0 spiro atoms.